The zero-order chi connectivity index (χ0) is 18.1. The number of rotatable bonds is 3. The molecular weight excluding hydrogens is 318 g/mol. The zero-order valence-corrected chi connectivity index (χ0v) is 14.5. The molecule has 0 bridgehead atoms. The largest absolute Gasteiger partial charge is 0.368 e. The topological polar surface area (TPSA) is 101 Å². The monoisotopic (exact) mass is 339 g/mol. The van der Waals surface area contributed by atoms with E-state index < -0.39 is 0 Å². The van der Waals surface area contributed by atoms with Crippen LogP contribution in [0.2, 0.25) is 0 Å². The SMILES string of the molecule is CC(=O)NCC(=O)N1Cc2c(-c3cccc(C)c3)nc(N)nc2C1C. The first kappa shape index (κ1) is 16.9. The van der Waals surface area contributed by atoms with E-state index in [1.54, 1.807) is 4.90 Å². The molecule has 1 aromatic heterocycles. The van der Waals surface area contributed by atoms with Crippen molar-refractivity contribution < 1.29 is 9.59 Å². The Kier molecular flexibility index (Phi) is 4.39. The molecule has 130 valence electrons. The average molecular weight is 339 g/mol. The molecule has 1 unspecified atom stereocenters. The van der Waals surface area contributed by atoms with E-state index in [4.69, 9.17) is 5.73 Å². The minimum absolute atomic E-state index is 0.0314. The highest BCUT2D eigenvalue weighted by Gasteiger charge is 2.34. The first-order valence-electron chi connectivity index (χ1n) is 8.14. The number of nitrogens with two attached hydrogens (primary N) is 1. The van der Waals surface area contributed by atoms with Gasteiger partial charge in [0, 0.05) is 18.1 Å². The number of carbonyl (C=O) groups excluding carboxylic acids is 2. The van der Waals surface area contributed by atoms with E-state index in [-0.39, 0.29) is 30.3 Å². The maximum atomic E-state index is 12.4. The molecule has 0 saturated carbocycles. The van der Waals surface area contributed by atoms with E-state index >= 15 is 0 Å². The molecule has 2 amide bonds. The number of nitrogens with zero attached hydrogens (tertiary/aromatic N) is 3. The zero-order valence-electron chi connectivity index (χ0n) is 14.5. The predicted octanol–water partition coefficient (Wildman–Crippen LogP) is 1.57. The number of hydrogen-bond donors (Lipinski definition) is 2. The molecule has 1 aromatic carbocycles. The Hall–Kier alpha value is -2.96. The van der Waals surface area contributed by atoms with Crippen LogP contribution in [0.3, 0.4) is 0 Å². The van der Waals surface area contributed by atoms with Gasteiger partial charge in [0.2, 0.25) is 17.8 Å². The van der Waals surface area contributed by atoms with Gasteiger partial charge in [-0.3, -0.25) is 9.59 Å². The predicted molar refractivity (Wildman–Crippen MR) is 94.3 cm³/mol. The molecule has 1 aliphatic heterocycles. The van der Waals surface area contributed by atoms with Gasteiger partial charge < -0.3 is 16.0 Å². The number of aryl methyl sites for hydroxylation is 1. The molecule has 25 heavy (non-hydrogen) atoms. The van der Waals surface area contributed by atoms with Gasteiger partial charge in [0.1, 0.15) is 0 Å². The summed E-state index contributed by atoms with van der Waals surface area (Å²) in [5.74, 6) is -0.199. The lowest BCUT2D eigenvalue weighted by molar-refractivity contribution is -0.134. The van der Waals surface area contributed by atoms with Crippen LogP contribution in [0.5, 0.6) is 0 Å². The van der Waals surface area contributed by atoms with E-state index in [0.29, 0.717) is 6.54 Å². The van der Waals surface area contributed by atoms with Crippen LogP contribution < -0.4 is 11.1 Å². The first-order chi connectivity index (χ1) is 11.9. The molecule has 3 N–H and O–H groups in total. The van der Waals surface area contributed by atoms with Crippen molar-refractivity contribution in [3.8, 4) is 11.3 Å². The van der Waals surface area contributed by atoms with E-state index in [2.05, 4.69) is 15.3 Å². The van der Waals surface area contributed by atoms with Crippen LogP contribution in [-0.4, -0.2) is 33.2 Å². The van der Waals surface area contributed by atoms with Crippen molar-refractivity contribution in [1.82, 2.24) is 20.2 Å². The minimum atomic E-state index is -0.234. The van der Waals surface area contributed by atoms with Crippen LogP contribution in [0, 0.1) is 6.92 Å². The van der Waals surface area contributed by atoms with Gasteiger partial charge >= 0.3 is 0 Å². The summed E-state index contributed by atoms with van der Waals surface area (Å²) in [5, 5.41) is 2.54. The summed E-state index contributed by atoms with van der Waals surface area (Å²) in [4.78, 5) is 34.0. The Morgan fingerprint density at radius 2 is 2.12 bits per heavy atom. The van der Waals surface area contributed by atoms with Gasteiger partial charge in [-0.25, -0.2) is 9.97 Å². The summed E-state index contributed by atoms with van der Waals surface area (Å²) in [5.41, 5.74) is 10.4. The fraction of sp³-hybridized carbons (Fsp3) is 0.333. The molecule has 0 fully saturated rings. The van der Waals surface area contributed by atoms with Gasteiger partial charge in [-0.05, 0) is 19.9 Å². The Morgan fingerprint density at radius 1 is 1.36 bits per heavy atom. The van der Waals surface area contributed by atoms with Crippen LogP contribution >= 0.6 is 0 Å². The van der Waals surface area contributed by atoms with Crippen molar-refractivity contribution in [1.29, 1.82) is 0 Å². The summed E-state index contributed by atoms with van der Waals surface area (Å²) < 4.78 is 0. The third kappa shape index (κ3) is 3.31. The summed E-state index contributed by atoms with van der Waals surface area (Å²) in [6.07, 6.45) is 0. The Labute approximate surface area is 146 Å². The van der Waals surface area contributed by atoms with E-state index in [1.165, 1.54) is 6.92 Å². The molecule has 7 nitrogen and oxygen atoms in total. The fourth-order valence-electron chi connectivity index (χ4n) is 3.11. The molecule has 2 aromatic rings. The lowest BCUT2D eigenvalue weighted by atomic mass is 10.0. The number of fused-ring (bicyclic) bond motifs is 1. The minimum Gasteiger partial charge on any atom is -0.368 e. The first-order valence-corrected chi connectivity index (χ1v) is 8.14. The normalized spacial score (nSPS) is 15.8. The maximum Gasteiger partial charge on any atom is 0.242 e. The summed E-state index contributed by atoms with van der Waals surface area (Å²) in [6.45, 7) is 5.68. The number of hydrogen-bond acceptors (Lipinski definition) is 5. The van der Waals surface area contributed by atoms with Gasteiger partial charge in [-0.1, -0.05) is 23.8 Å². The molecule has 0 saturated heterocycles. The van der Waals surface area contributed by atoms with Crippen LogP contribution in [0.1, 0.15) is 36.7 Å². The maximum absolute atomic E-state index is 12.4. The van der Waals surface area contributed by atoms with Crippen molar-refractivity contribution in [2.75, 3.05) is 12.3 Å². The number of benzene rings is 1. The molecule has 7 heteroatoms. The number of carbonyl (C=O) groups is 2. The van der Waals surface area contributed by atoms with Gasteiger partial charge in [0.05, 0.1) is 30.5 Å². The van der Waals surface area contributed by atoms with E-state index in [1.807, 2.05) is 38.1 Å². The van der Waals surface area contributed by atoms with E-state index in [0.717, 1.165) is 28.1 Å². The second kappa shape index (κ2) is 6.51. The van der Waals surface area contributed by atoms with Crippen LogP contribution in [-0.2, 0) is 16.1 Å². The highest BCUT2D eigenvalue weighted by molar-refractivity contribution is 5.85. The van der Waals surface area contributed by atoms with Gasteiger partial charge in [-0.2, -0.15) is 0 Å². The quantitative estimate of drug-likeness (QED) is 0.884. The highest BCUT2D eigenvalue weighted by atomic mass is 16.2. The number of nitrogen functional groups attached to an aromatic ring is 1. The molecule has 3 rings (SSSR count). The van der Waals surface area contributed by atoms with Gasteiger partial charge in [0.15, 0.2) is 0 Å². The molecule has 2 heterocycles. The fourth-order valence-corrected chi connectivity index (χ4v) is 3.11. The Morgan fingerprint density at radius 3 is 2.80 bits per heavy atom. The number of aromatic nitrogens is 2. The number of anilines is 1. The average Bonchev–Trinajstić information content (AvgIpc) is 2.89. The summed E-state index contributed by atoms with van der Waals surface area (Å²) in [7, 11) is 0. The summed E-state index contributed by atoms with van der Waals surface area (Å²) in [6, 6.07) is 7.77. The standard InChI is InChI=1S/C18H21N5O2/c1-10-5-4-6-13(7-10)17-14-9-23(15(25)8-20-12(3)24)11(2)16(14)21-18(19)22-17/h4-7,11H,8-9H2,1-3H3,(H,20,24)(H2,19,21,22). The number of amides is 2. The third-order valence-corrected chi connectivity index (χ3v) is 4.35. The lowest BCUT2D eigenvalue weighted by Crippen LogP contribution is -2.38. The Balaban J connectivity index is 1.97. The van der Waals surface area contributed by atoms with Crippen molar-refractivity contribution in [3.63, 3.8) is 0 Å². The third-order valence-electron chi connectivity index (χ3n) is 4.35. The number of nitrogens with one attached hydrogen (secondary N) is 1. The second-order valence-corrected chi connectivity index (χ2v) is 6.27. The smallest absolute Gasteiger partial charge is 0.242 e. The molecular formula is C18H21N5O2. The molecule has 0 aliphatic carbocycles. The van der Waals surface area contributed by atoms with Crippen LogP contribution in [0.15, 0.2) is 24.3 Å². The van der Waals surface area contributed by atoms with Crippen LogP contribution in [0.4, 0.5) is 5.95 Å². The van der Waals surface area contributed by atoms with Gasteiger partial charge in [0.25, 0.3) is 0 Å². The lowest BCUT2D eigenvalue weighted by Gasteiger charge is -2.21. The van der Waals surface area contributed by atoms with E-state index in [9.17, 15) is 9.59 Å². The molecule has 0 radical (unpaired) electrons. The molecule has 0 spiro atoms. The van der Waals surface area contributed by atoms with Crippen molar-refractivity contribution in [2.45, 2.75) is 33.4 Å². The van der Waals surface area contributed by atoms with Crippen molar-refractivity contribution >= 4 is 17.8 Å². The molecule has 1 atom stereocenters. The highest BCUT2D eigenvalue weighted by Crippen LogP contribution is 2.37. The van der Waals surface area contributed by atoms with Gasteiger partial charge in [-0.15, -0.1) is 0 Å². The van der Waals surface area contributed by atoms with Crippen LogP contribution in [0.25, 0.3) is 11.3 Å². The van der Waals surface area contributed by atoms with Crippen molar-refractivity contribution in [2.24, 2.45) is 0 Å². The second-order valence-electron chi connectivity index (χ2n) is 6.27. The Bertz CT molecular complexity index is 849. The summed E-state index contributed by atoms with van der Waals surface area (Å²) >= 11 is 0. The van der Waals surface area contributed by atoms with Crippen molar-refractivity contribution in [3.05, 3.63) is 41.1 Å². The molecule has 1 aliphatic rings.